The highest BCUT2D eigenvalue weighted by Crippen LogP contribution is 2.30. The summed E-state index contributed by atoms with van der Waals surface area (Å²) in [5.41, 5.74) is 1.26. The largest absolute Gasteiger partial charge is 0.468 e. The molecule has 0 aliphatic heterocycles. The van der Waals surface area contributed by atoms with Gasteiger partial charge in [-0.15, -0.1) is 0 Å². The third-order valence-electron chi connectivity index (χ3n) is 4.94. The SMILES string of the molecule is O=C(c1ccc(S(=O)(=O)NCc2ccco2)cc1)N(Cc1ccc(F)cc1)C1CC1. The number of nitrogens with zero attached hydrogens (tertiary/aromatic N) is 1. The molecule has 1 aromatic heterocycles. The monoisotopic (exact) mass is 428 g/mol. The smallest absolute Gasteiger partial charge is 0.254 e. The van der Waals surface area contributed by atoms with Crippen LogP contribution in [0.2, 0.25) is 0 Å². The summed E-state index contributed by atoms with van der Waals surface area (Å²) in [6.45, 7) is 0.428. The highest BCUT2D eigenvalue weighted by atomic mass is 32.2. The molecule has 0 radical (unpaired) electrons. The van der Waals surface area contributed by atoms with Crippen molar-refractivity contribution in [2.45, 2.75) is 36.9 Å². The van der Waals surface area contributed by atoms with Gasteiger partial charge < -0.3 is 9.32 Å². The van der Waals surface area contributed by atoms with E-state index in [2.05, 4.69) is 4.72 Å². The molecule has 6 nitrogen and oxygen atoms in total. The van der Waals surface area contributed by atoms with Gasteiger partial charge in [-0.25, -0.2) is 17.5 Å². The summed E-state index contributed by atoms with van der Waals surface area (Å²) in [6, 6.07) is 15.5. The van der Waals surface area contributed by atoms with Crippen LogP contribution in [0.3, 0.4) is 0 Å². The fraction of sp³-hybridized carbons (Fsp3) is 0.227. The molecule has 3 aromatic rings. The first-order valence-corrected chi connectivity index (χ1v) is 11.1. The number of carbonyl (C=O) groups is 1. The first-order valence-electron chi connectivity index (χ1n) is 9.60. The van der Waals surface area contributed by atoms with Crippen molar-refractivity contribution >= 4 is 15.9 Å². The minimum absolute atomic E-state index is 0.0448. The first-order chi connectivity index (χ1) is 14.4. The van der Waals surface area contributed by atoms with E-state index in [-0.39, 0.29) is 29.2 Å². The molecule has 2 aromatic carbocycles. The molecular weight excluding hydrogens is 407 g/mol. The van der Waals surface area contributed by atoms with E-state index < -0.39 is 10.0 Å². The second-order valence-corrected chi connectivity index (χ2v) is 8.99. The Bertz CT molecular complexity index is 1110. The highest BCUT2D eigenvalue weighted by Gasteiger charge is 2.33. The molecule has 1 aliphatic carbocycles. The van der Waals surface area contributed by atoms with E-state index >= 15 is 0 Å². The van der Waals surface area contributed by atoms with Crippen LogP contribution in [0.25, 0.3) is 0 Å². The van der Waals surface area contributed by atoms with Crippen molar-refractivity contribution in [1.82, 2.24) is 9.62 Å². The lowest BCUT2D eigenvalue weighted by atomic mass is 10.1. The fourth-order valence-electron chi connectivity index (χ4n) is 3.14. The summed E-state index contributed by atoms with van der Waals surface area (Å²) < 4.78 is 45.6. The van der Waals surface area contributed by atoms with Crippen LogP contribution in [0.4, 0.5) is 4.39 Å². The summed E-state index contributed by atoms with van der Waals surface area (Å²) in [6.07, 6.45) is 3.33. The van der Waals surface area contributed by atoms with Crippen LogP contribution >= 0.6 is 0 Å². The van der Waals surface area contributed by atoms with Crippen molar-refractivity contribution in [2.24, 2.45) is 0 Å². The summed E-state index contributed by atoms with van der Waals surface area (Å²) in [7, 11) is -3.73. The normalized spacial score (nSPS) is 13.9. The topological polar surface area (TPSA) is 79.6 Å². The number of amides is 1. The summed E-state index contributed by atoms with van der Waals surface area (Å²) in [5.74, 6) is 0.0149. The van der Waals surface area contributed by atoms with Crippen molar-refractivity contribution < 1.29 is 22.0 Å². The standard InChI is InChI=1S/C22H21FN2O4S/c23-18-7-3-16(4-8-18)15-25(19-9-10-19)22(26)17-5-11-21(12-6-17)30(27,28)24-14-20-2-1-13-29-20/h1-8,11-13,19,24H,9-10,14-15H2. The average Bonchev–Trinajstić information content (AvgIpc) is 3.45. The Balaban J connectivity index is 1.46. The van der Waals surface area contributed by atoms with Gasteiger partial charge in [0.2, 0.25) is 10.0 Å². The lowest BCUT2D eigenvalue weighted by Crippen LogP contribution is -2.32. The molecule has 1 saturated carbocycles. The number of halogens is 1. The second kappa shape index (κ2) is 8.41. The van der Waals surface area contributed by atoms with Crippen molar-refractivity contribution in [2.75, 3.05) is 0 Å². The molecule has 1 fully saturated rings. The molecule has 1 N–H and O–H groups in total. The maximum Gasteiger partial charge on any atom is 0.254 e. The zero-order valence-electron chi connectivity index (χ0n) is 16.1. The van der Waals surface area contributed by atoms with E-state index in [1.807, 2.05) is 0 Å². The van der Waals surface area contributed by atoms with Gasteiger partial charge in [0.15, 0.2) is 0 Å². The molecule has 0 atom stereocenters. The summed E-state index contributed by atoms with van der Waals surface area (Å²) in [5, 5.41) is 0. The van der Waals surface area contributed by atoms with Gasteiger partial charge in [-0.3, -0.25) is 4.79 Å². The average molecular weight is 428 g/mol. The van der Waals surface area contributed by atoms with E-state index in [0.29, 0.717) is 17.9 Å². The number of sulfonamides is 1. The number of furan rings is 1. The highest BCUT2D eigenvalue weighted by molar-refractivity contribution is 7.89. The molecule has 0 saturated heterocycles. The number of nitrogens with one attached hydrogen (secondary N) is 1. The molecule has 30 heavy (non-hydrogen) atoms. The molecule has 0 bridgehead atoms. The van der Waals surface area contributed by atoms with E-state index in [0.717, 1.165) is 18.4 Å². The van der Waals surface area contributed by atoms with Crippen LogP contribution in [-0.4, -0.2) is 25.3 Å². The van der Waals surface area contributed by atoms with E-state index in [1.54, 1.807) is 29.2 Å². The van der Waals surface area contributed by atoms with E-state index in [1.165, 1.54) is 42.7 Å². The maximum absolute atomic E-state index is 13.1. The van der Waals surface area contributed by atoms with Crippen molar-refractivity contribution in [3.8, 4) is 0 Å². The molecule has 1 amide bonds. The third kappa shape index (κ3) is 4.77. The number of rotatable bonds is 8. The summed E-state index contributed by atoms with van der Waals surface area (Å²) >= 11 is 0. The van der Waals surface area contributed by atoms with Gasteiger partial charge in [-0.05, 0) is 66.9 Å². The molecule has 156 valence electrons. The van der Waals surface area contributed by atoms with Crippen molar-refractivity contribution in [1.29, 1.82) is 0 Å². The Hall–Kier alpha value is -2.97. The minimum atomic E-state index is -3.73. The fourth-order valence-corrected chi connectivity index (χ4v) is 4.14. The Labute approximate surface area is 174 Å². The number of benzene rings is 2. The van der Waals surface area contributed by atoms with Gasteiger partial charge in [0, 0.05) is 18.2 Å². The number of hydrogen-bond donors (Lipinski definition) is 1. The van der Waals surface area contributed by atoms with Crippen molar-refractivity contribution in [3.05, 3.63) is 89.6 Å². The van der Waals surface area contributed by atoms with Gasteiger partial charge in [0.1, 0.15) is 11.6 Å². The Kier molecular flexibility index (Phi) is 5.69. The van der Waals surface area contributed by atoms with Crippen LogP contribution < -0.4 is 4.72 Å². The molecule has 8 heteroatoms. The van der Waals surface area contributed by atoms with Gasteiger partial charge in [-0.1, -0.05) is 12.1 Å². The molecule has 0 unspecified atom stereocenters. The van der Waals surface area contributed by atoms with Crippen LogP contribution in [0.1, 0.15) is 34.5 Å². The zero-order valence-corrected chi connectivity index (χ0v) is 16.9. The molecule has 1 heterocycles. The number of carbonyl (C=O) groups excluding carboxylic acids is 1. The molecular formula is C22H21FN2O4S. The molecule has 1 aliphatic rings. The van der Waals surface area contributed by atoms with Crippen LogP contribution in [0, 0.1) is 5.82 Å². The van der Waals surface area contributed by atoms with Gasteiger partial charge in [0.25, 0.3) is 5.91 Å². The Morgan fingerprint density at radius 2 is 1.77 bits per heavy atom. The predicted octanol–water partition coefficient (Wildman–Crippen LogP) is 3.70. The predicted molar refractivity (Wildman–Crippen MR) is 108 cm³/mol. The van der Waals surface area contributed by atoms with Gasteiger partial charge >= 0.3 is 0 Å². The quantitative estimate of drug-likeness (QED) is 0.593. The van der Waals surface area contributed by atoms with E-state index in [4.69, 9.17) is 4.42 Å². The Morgan fingerprint density at radius 3 is 2.37 bits per heavy atom. The zero-order chi connectivity index (χ0) is 21.1. The molecule has 4 rings (SSSR count). The first kappa shape index (κ1) is 20.3. The van der Waals surface area contributed by atoms with Crippen LogP contribution in [0.15, 0.2) is 76.2 Å². The lowest BCUT2D eigenvalue weighted by Gasteiger charge is -2.23. The lowest BCUT2D eigenvalue weighted by molar-refractivity contribution is 0.0730. The van der Waals surface area contributed by atoms with Crippen molar-refractivity contribution in [3.63, 3.8) is 0 Å². The summed E-state index contributed by atoms with van der Waals surface area (Å²) in [4.78, 5) is 14.8. The maximum atomic E-state index is 13.1. The second-order valence-electron chi connectivity index (χ2n) is 7.22. The molecule has 0 spiro atoms. The van der Waals surface area contributed by atoms with Gasteiger partial charge in [0.05, 0.1) is 17.7 Å². The third-order valence-corrected chi connectivity index (χ3v) is 6.36. The van der Waals surface area contributed by atoms with Gasteiger partial charge in [-0.2, -0.15) is 0 Å². The van der Waals surface area contributed by atoms with Crippen LogP contribution in [0.5, 0.6) is 0 Å². The minimum Gasteiger partial charge on any atom is -0.468 e. The Morgan fingerprint density at radius 1 is 1.07 bits per heavy atom. The van der Waals surface area contributed by atoms with E-state index in [9.17, 15) is 17.6 Å². The van der Waals surface area contributed by atoms with Crippen LogP contribution in [-0.2, 0) is 23.1 Å². The number of hydrogen-bond acceptors (Lipinski definition) is 4.